The highest BCUT2D eigenvalue weighted by atomic mass is 16.2. The Morgan fingerprint density at radius 3 is 2.56 bits per heavy atom. The zero-order chi connectivity index (χ0) is 22.9. The molecule has 4 rings (SSSR count). The Bertz CT molecular complexity index is 1210. The van der Waals surface area contributed by atoms with E-state index in [1.54, 1.807) is 31.2 Å². The van der Waals surface area contributed by atoms with E-state index in [4.69, 9.17) is 5.73 Å². The quantitative estimate of drug-likeness (QED) is 0.465. The molecule has 12 heteroatoms. The van der Waals surface area contributed by atoms with E-state index in [1.165, 1.54) is 35.3 Å². The lowest BCUT2D eigenvalue weighted by Gasteiger charge is -2.22. The van der Waals surface area contributed by atoms with Crippen LogP contribution in [0.5, 0.6) is 0 Å². The number of benzene rings is 2. The van der Waals surface area contributed by atoms with Crippen molar-refractivity contribution in [3.8, 4) is 5.69 Å². The molecular weight excluding hydrogens is 416 g/mol. The number of nitrogens with one attached hydrogen (secondary N) is 2. The number of amides is 5. The molecule has 2 aromatic carbocycles. The Hall–Kier alpha value is -4.61. The largest absolute Gasteiger partial charge is 0.366 e. The van der Waals surface area contributed by atoms with Gasteiger partial charge in [0, 0.05) is 11.3 Å². The Balaban J connectivity index is 1.49. The molecule has 4 N–H and O–H groups in total. The molecule has 1 atom stereocenters. The molecule has 0 aliphatic carbocycles. The van der Waals surface area contributed by atoms with Gasteiger partial charge in [-0.15, -0.1) is 5.10 Å². The third kappa shape index (κ3) is 3.76. The Labute approximate surface area is 181 Å². The molecule has 162 valence electrons. The van der Waals surface area contributed by atoms with Gasteiger partial charge in [0.05, 0.1) is 5.69 Å². The maximum absolute atomic E-state index is 13.1. The van der Waals surface area contributed by atoms with Crippen LogP contribution in [0.25, 0.3) is 5.69 Å². The van der Waals surface area contributed by atoms with Gasteiger partial charge in [-0.1, -0.05) is 12.1 Å². The number of tetrazole rings is 1. The summed E-state index contributed by atoms with van der Waals surface area (Å²) >= 11 is 0. The number of urea groups is 1. The van der Waals surface area contributed by atoms with E-state index in [0.29, 0.717) is 16.9 Å². The highest BCUT2D eigenvalue weighted by Gasteiger charge is 2.49. The van der Waals surface area contributed by atoms with E-state index in [0.717, 1.165) is 4.90 Å². The smallest absolute Gasteiger partial charge is 0.325 e. The summed E-state index contributed by atoms with van der Waals surface area (Å²) < 4.78 is 1.42. The van der Waals surface area contributed by atoms with Gasteiger partial charge in [0.25, 0.3) is 5.91 Å². The van der Waals surface area contributed by atoms with Gasteiger partial charge >= 0.3 is 6.03 Å². The fourth-order valence-electron chi connectivity index (χ4n) is 3.34. The van der Waals surface area contributed by atoms with Crippen molar-refractivity contribution in [3.05, 3.63) is 66.0 Å². The first kappa shape index (κ1) is 20.7. The van der Waals surface area contributed by atoms with Crippen LogP contribution in [0.2, 0.25) is 0 Å². The van der Waals surface area contributed by atoms with Gasteiger partial charge < -0.3 is 16.4 Å². The van der Waals surface area contributed by atoms with Gasteiger partial charge in [0.2, 0.25) is 11.8 Å². The number of nitrogens with zero attached hydrogens (tertiary/aromatic N) is 5. The first-order chi connectivity index (χ1) is 15.3. The lowest BCUT2D eigenvalue weighted by atomic mass is 9.91. The number of imide groups is 1. The minimum atomic E-state index is -1.37. The SMILES string of the molecule is C[C@]1(c2cccc(-n3cnnn3)c2)NC(=O)N(CC(=O)Nc2ccc(C(N)=O)cc2)C1=O. The molecule has 1 aliphatic rings. The normalized spacial score (nSPS) is 17.8. The number of hydrogen-bond acceptors (Lipinski definition) is 7. The lowest BCUT2D eigenvalue weighted by molar-refractivity contribution is -0.133. The summed E-state index contributed by atoms with van der Waals surface area (Å²) in [7, 11) is 0. The molecule has 1 aromatic heterocycles. The molecule has 1 aliphatic heterocycles. The lowest BCUT2D eigenvalue weighted by Crippen LogP contribution is -2.42. The van der Waals surface area contributed by atoms with E-state index in [2.05, 4.69) is 26.2 Å². The van der Waals surface area contributed by atoms with Crippen molar-refractivity contribution < 1.29 is 19.2 Å². The molecule has 2 heterocycles. The predicted octanol–water partition coefficient (Wildman–Crippen LogP) is 0.167. The maximum Gasteiger partial charge on any atom is 0.325 e. The van der Waals surface area contributed by atoms with Crippen molar-refractivity contribution in [2.45, 2.75) is 12.5 Å². The zero-order valence-electron chi connectivity index (χ0n) is 16.8. The average molecular weight is 434 g/mol. The number of nitrogens with two attached hydrogens (primary N) is 1. The minimum Gasteiger partial charge on any atom is -0.366 e. The van der Waals surface area contributed by atoms with Gasteiger partial charge in [0.1, 0.15) is 18.4 Å². The second kappa shape index (κ2) is 7.91. The van der Waals surface area contributed by atoms with Crippen molar-refractivity contribution in [3.63, 3.8) is 0 Å². The van der Waals surface area contributed by atoms with Crippen LogP contribution in [0.1, 0.15) is 22.8 Å². The number of anilines is 1. The summed E-state index contributed by atoms with van der Waals surface area (Å²) in [6.07, 6.45) is 1.41. The fourth-order valence-corrected chi connectivity index (χ4v) is 3.34. The van der Waals surface area contributed by atoms with Gasteiger partial charge in [-0.25, -0.2) is 9.48 Å². The van der Waals surface area contributed by atoms with Crippen LogP contribution in [0.15, 0.2) is 54.9 Å². The van der Waals surface area contributed by atoms with Crippen molar-refractivity contribution in [1.82, 2.24) is 30.4 Å². The molecule has 0 radical (unpaired) electrons. The first-order valence-electron chi connectivity index (χ1n) is 9.45. The number of hydrogen-bond donors (Lipinski definition) is 3. The highest BCUT2D eigenvalue weighted by Crippen LogP contribution is 2.30. The molecule has 32 heavy (non-hydrogen) atoms. The minimum absolute atomic E-state index is 0.289. The van der Waals surface area contributed by atoms with Gasteiger partial charge in [-0.3, -0.25) is 19.3 Å². The van der Waals surface area contributed by atoms with E-state index >= 15 is 0 Å². The Kier molecular flexibility index (Phi) is 5.10. The fraction of sp³-hybridized carbons (Fsp3) is 0.150. The van der Waals surface area contributed by atoms with Crippen molar-refractivity contribution >= 4 is 29.4 Å². The van der Waals surface area contributed by atoms with Crippen LogP contribution in [-0.2, 0) is 15.1 Å². The van der Waals surface area contributed by atoms with Crippen LogP contribution in [0, 0.1) is 0 Å². The van der Waals surface area contributed by atoms with Gasteiger partial charge in [-0.05, 0) is 59.3 Å². The summed E-state index contributed by atoms with van der Waals surface area (Å²) in [5.41, 5.74) is 5.61. The molecule has 0 saturated carbocycles. The zero-order valence-corrected chi connectivity index (χ0v) is 16.8. The average Bonchev–Trinajstić information content (AvgIpc) is 3.38. The first-order valence-corrected chi connectivity index (χ1v) is 9.45. The maximum atomic E-state index is 13.1. The molecule has 0 bridgehead atoms. The Morgan fingerprint density at radius 1 is 1.16 bits per heavy atom. The van der Waals surface area contributed by atoms with E-state index in [1.807, 2.05) is 0 Å². The number of carbonyl (C=O) groups excluding carboxylic acids is 4. The molecule has 1 fully saturated rings. The Morgan fingerprint density at radius 2 is 1.91 bits per heavy atom. The van der Waals surface area contributed by atoms with Crippen molar-refractivity contribution in [2.75, 3.05) is 11.9 Å². The van der Waals surface area contributed by atoms with Crippen LogP contribution in [-0.4, -0.2) is 55.4 Å². The van der Waals surface area contributed by atoms with E-state index < -0.39 is 35.8 Å². The summed E-state index contributed by atoms with van der Waals surface area (Å²) in [5.74, 6) is -1.74. The topological polar surface area (TPSA) is 165 Å². The van der Waals surface area contributed by atoms with Crippen LogP contribution < -0.4 is 16.4 Å². The molecule has 0 spiro atoms. The van der Waals surface area contributed by atoms with Crippen molar-refractivity contribution in [2.24, 2.45) is 5.73 Å². The molecule has 12 nitrogen and oxygen atoms in total. The molecule has 0 unspecified atom stereocenters. The second-order valence-corrected chi connectivity index (χ2v) is 7.24. The summed E-state index contributed by atoms with van der Waals surface area (Å²) in [6, 6.07) is 12.1. The summed E-state index contributed by atoms with van der Waals surface area (Å²) in [5, 5.41) is 16.2. The standard InChI is InChI=1S/C20H18N8O4/c1-20(13-3-2-4-15(9-13)28-11-22-25-26-28)18(31)27(19(32)24-20)10-16(29)23-14-7-5-12(6-8-14)17(21)30/h2-9,11H,10H2,1H3,(H2,21,30)(H,23,29)(H,24,32)/t20-/m1/s1. The predicted molar refractivity (Wildman–Crippen MR) is 110 cm³/mol. The van der Waals surface area contributed by atoms with E-state index in [9.17, 15) is 19.2 Å². The van der Waals surface area contributed by atoms with Gasteiger partial charge in [0.15, 0.2) is 0 Å². The number of aromatic nitrogens is 4. The van der Waals surface area contributed by atoms with Crippen molar-refractivity contribution in [1.29, 1.82) is 0 Å². The third-order valence-corrected chi connectivity index (χ3v) is 5.07. The van der Waals surface area contributed by atoms with Crippen LogP contribution >= 0.6 is 0 Å². The number of carbonyl (C=O) groups is 4. The number of primary amides is 1. The summed E-state index contributed by atoms with van der Waals surface area (Å²) in [4.78, 5) is 50.0. The molecular formula is C20H18N8O4. The van der Waals surface area contributed by atoms with Gasteiger partial charge in [-0.2, -0.15) is 0 Å². The van der Waals surface area contributed by atoms with Crippen LogP contribution in [0.4, 0.5) is 10.5 Å². The van der Waals surface area contributed by atoms with Crippen LogP contribution in [0.3, 0.4) is 0 Å². The molecule has 3 aromatic rings. The third-order valence-electron chi connectivity index (χ3n) is 5.07. The molecule has 1 saturated heterocycles. The second-order valence-electron chi connectivity index (χ2n) is 7.24. The number of rotatable bonds is 6. The van der Waals surface area contributed by atoms with E-state index in [-0.39, 0.29) is 5.56 Å². The summed E-state index contributed by atoms with van der Waals surface area (Å²) in [6.45, 7) is 1.08. The highest BCUT2D eigenvalue weighted by molar-refractivity contribution is 6.10. The molecule has 5 amide bonds. The monoisotopic (exact) mass is 434 g/mol.